The monoisotopic (exact) mass is 407 g/mol. The van der Waals surface area contributed by atoms with E-state index in [-0.39, 0.29) is 33.4 Å². The second-order valence-corrected chi connectivity index (χ2v) is 7.38. The van der Waals surface area contributed by atoms with Crippen LogP contribution in [0.2, 0.25) is 5.02 Å². The van der Waals surface area contributed by atoms with Gasteiger partial charge in [-0.05, 0) is 44.9 Å². The molecular weight excluding hydrogens is 388 g/mol. The summed E-state index contributed by atoms with van der Waals surface area (Å²) >= 11 is 6.37. The number of primary amides is 1. The predicted octanol–water partition coefficient (Wildman–Crippen LogP) is 3.67. The van der Waals surface area contributed by atoms with Crippen molar-refractivity contribution in [1.82, 2.24) is 10.3 Å². The summed E-state index contributed by atoms with van der Waals surface area (Å²) in [6, 6.07) is -0.209. The normalized spacial score (nSPS) is 19.2. The zero-order chi connectivity index (χ0) is 20.6. The SMILES string of the molecule is CC#CC(=O)N[C@H]1CCC[C@H](c2c(F)c(F)c(C(N)=O)c3[nH]c(C)c(Cl)c23)C1. The van der Waals surface area contributed by atoms with Crippen LogP contribution in [0.5, 0.6) is 0 Å². The number of carbonyl (C=O) groups excluding carboxylic acids is 2. The molecule has 1 heterocycles. The number of carbonyl (C=O) groups is 2. The molecule has 8 heteroatoms. The van der Waals surface area contributed by atoms with E-state index in [1.54, 1.807) is 13.8 Å². The molecule has 1 saturated carbocycles. The molecule has 1 aromatic carbocycles. The van der Waals surface area contributed by atoms with Crippen molar-refractivity contribution in [1.29, 1.82) is 0 Å². The Morgan fingerprint density at radius 3 is 2.64 bits per heavy atom. The molecule has 0 spiro atoms. The van der Waals surface area contributed by atoms with Crippen molar-refractivity contribution in [2.45, 2.75) is 51.5 Å². The Bertz CT molecular complexity index is 1040. The van der Waals surface area contributed by atoms with Crippen LogP contribution < -0.4 is 11.1 Å². The molecule has 148 valence electrons. The van der Waals surface area contributed by atoms with Gasteiger partial charge in [0.05, 0.1) is 10.5 Å². The maximum atomic E-state index is 15.1. The first kappa shape index (κ1) is 20.2. The number of hydrogen-bond donors (Lipinski definition) is 3. The smallest absolute Gasteiger partial charge is 0.296 e. The number of halogens is 3. The van der Waals surface area contributed by atoms with Gasteiger partial charge in [-0.3, -0.25) is 9.59 Å². The summed E-state index contributed by atoms with van der Waals surface area (Å²) in [4.78, 5) is 26.3. The number of amides is 2. The van der Waals surface area contributed by atoms with Gasteiger partial charge < -0.3 is 16.0 Å². The van der Waals surface area contributed by atoms with Crippen molar-refractivity contribution in [3.05, 3.63) is 33.5 Å². The molecule has 0 bridgehead atoms. The summed E-state index contributed by atoms with van der Waals surface area (Å²) in [5.41, 5.74) is 5.45. The van der Waals surface area contributed by atoms with E-state index in [1.807, 2.05) is 0 Å². The van der Waals surface area contributed by atoms with Gasteiger partial charge >= 0.3 is 0 Å². The lowest BCUT2D eigenvalue weighted by atomic mass is 9.79. The highest BCUT2D eigenvalue weighted by Crippen LogP contribution is 2.43. The fraction of sp³-hybridized carbons (Fsp3) is 0.400. The molecule has 0 unspecified atom stereocenters. The molecule has 2 amide bonds. The van der Waals surface area contributed by atoms with Gasteiger partial charge in [0.2, 0.25) is 0 Å². The predicted molar refractivity (Wildman–Crippen MR) is 103 cm³/mol. The number of aromatic amines is 1. The molecule has 4 N–H and O–H groups in total. The molecule has 0 saturated heterocycles. The van der Waals surface area contributed by atoms with Crippen LogP contribution in [0.3, 0.4) is 0 Å². The number of fused-ring (bicyclic) bond motifs is 1. The molecule has 5 nitrogen and oxygen atoms in total. The van der Waals surface area contributed by atoms with Crippen molar-refractivity contribution in [2.75, 3.05) is 0 Å². The first-order valence-corrected chi connectivity index (χ1v) is 9.35. The van der Waals surface area contributed by atoms with Gasteiger partial charge in [0.1, 0.15) is 5.56 Å². The maximum absolute atomic E-state index is 15.1. The average molecular weight is 408 g/mol. The minimum atomic E-state index is -1.28. The molecule has 1 fully saturated rings. The third-order valence-electron chi connectivity index (χ3n) is 5.18. The minimum absolute atomic E-state index is 0.104. The summed E-state index contributed by atoms with van der Waals surface area (Å²) in [6.45, 7) is 3.22. The van der Waals surface area contributed by atoms with Crippen LogP contribution in [0.4, 0.5) is 8.78 Å². The van der Waals surface area contributed by atoms with Crippen LogP contribution in [0.1, 0.15) is 60.1 Å². The van der Waals surface area contributed by atoms with E-state index in [0.29, 0.717) is 18.5 Å². The third-order valence-corrected chi connectivity index (χ3v) is 5.65. The fourth-order valence-electron chi connectivity index (χ4n) is 4.02. The van der Waals surface area contributed by atoms with E-state index in [1.165, 1.54) is 0 Å². The van der Waals surface area contributed by atoms with E-state index >= 15 is 4.39 Å². The number of aromatic nitrogens is 1. The summed E-state index contributed by atoms with van der Waals surface area (Å²) in [5.74, 6) is 0.705. The molecule has 1 aliphatic rings. The van der Waals surface area contributed by atoms with Gasteiger partial charge in [-0.1, -0.05) is 23.9 Å². The zero-order valence-electron chi connectivity index (χ0n) is 15.5. The van der Waals surface area contributed by atoms with Crippen molar-refractivity contribution < 1.29 is 18.4 Å². The standard InChI is InChI=1S/C20H20ClF2N3O2/c1-3-5-12(27)26-11-7-4-6-10(8-11)13-14-16(21)9(2)25-19(14)15(20(24)28)18(23)17(13)22/h10-11,25H,4,6-8H2,1-2H3,(H2,24,28)(H,26,27)/t10-,11-/m0/s1. The quantitative estimate of drug-likeness (QED) is 0.678. The Kier molecular flexibility index (Phi) is 5.61. The number of aryl methyl sites for hydroxylation is 1. The Morgan fingerprint density at radius 1 is 1.29 bits per heavy atom. The molecule has 2 atom stereocenters. The summed E-state index contributed by atoms with van der Waals surface area (Å²) in [5, 5.41) is 3.31. The summed E-state index contributed by atoms with van der Waals surface area (Å²) in [6.07, 6.45) is 2.46. The Labute approximate surface area is 166 Å². The van der Waals surface area contributed by atoms with E-state index in [0.717, 1.165) is 12.8 Å². The average Bonchev–Trinajstić information content (AvgIpc) is 2.91. The first-order chi connectivity index (χ1) is 13.3. The lowest BCUT2D eigenvalue weighted by Crippen LogP contribution is -2.37. The van der Waals surface area contributed by atoms with E-state index < -0.39 is 29.0 Å². The Balaban J connectivity index is 2.11. The van der Waals surface area contributed by atoms with Crippen molar-refractivity contribution in [2.24, 2.45) is 5.73 Å². The third kappa shape index (κ3) is 3.45. The van der Waals surface area contributed by atoms with Crippen molar-refractivity contribution in [3.63, 3.8) is 0 Å². The lowest BCUT2D eigenvalue weighted by molar-refractivity contribution is -0.116. The van der Waals surface area contributed by atoms with Gasteiger partial charge in [-0.25, -0.2) is 8.78 Å². The van der Waals surface area contributed by atoms with Crippen LogP contribution in [0.25, 0.3) is 10.9 Å². The number of benzene rings is 1. The molecule has 1 aromatic heterocycles. The molecule has 2 aromatic rings. The van der Waals surface area contributed by atoms with Gasteiger partial charge in [-0.15, -0.1) is 0 Å². The number of nitrogens with two attached hydrogens (primary N) is 1. The maximum Gasteiger partial charge on any atom is 0.296 e. The van der Waals surface area contributed by atoms with Gasteiger partial charge in [0, 0.05) is 22.7 Å². The van der Waals surface area contributed by atoms with Gasteiger partial charge in [0.25, 0.3) is 11.8 Å². The molecule has 28 heavy (non-hydrogen) atoms. The van der Waals surface area contributed by atoms with Crippen LogP contribution in [0, 0.1) is 30.4 Å². The van der Waals surface area contributed by atoms with Crippen LogP contribution in [0.15, 0.2) is 0 Å². The zero-order valence-corrected chi connectivity index (χ0v) is 16.3. The highest BCUT2D eigenvalue weighted by atomic mass is 35.5. The van der Waals surface area contributed by atoms with Crippen LogP contribution in [-0.4, -0.2) is 22.8 Å². The van der Waals surface area contributed by atoms with Crippen molar-refractivity contribution in [3.8, 4) is 11.8 Å². The van der Waals surface area contributed by atoms with Gasteiger partial charge in [0.15, 0.2) is 11.6 Å². The first-order valence-electron chi connectivity index (χ1n) is 8.97. The fourth-order valence-corrected chi connectivity index (χ4v) is 4.27. The Morgan fingerprint density at radius 2 is 2.00 bits per heavy atom. The highest BCUT2D eigenvalue weighted by molar-refractivity contribution is 6.37. The summed E-state index contributed by atoms with van der Waals surface area (Å²) in [7, 11) is 0. The number of H-pyrrole nitrogens is 1. The van der Waals surface area contributed by atoms with Crippen LogP contribution in [-0.2, 0) is 4.79 Å². The van der Waals surface area contributed by atoms with E-state index in [9.17, 15) is 14.0 Å². The lowest BCUT2D eigenvalue weighted by Gasteiger charge is -2.30. The molecule has 3 rings (SSSR count). The number of nitrogens with one attached hydrogen (secondary N) is 2. The molecule has 0 radical (unpaired) electrons. The van der Waals surface area contributed by atoms with Crippen LogP contribution >= 0.6 is 11.6 Å². The van der Waals surface area contributed by atoms with Crippen molar-refractivity contribution >= 4 is 34.3 Å². The largest absolute Gasteiger partial charge is 0.365 e. The van der Waals surface area contributed by atoms with E-state index in [4.69, 9.17) is 17.3 Å². The minimum Gasteiger partial charge on any atom is -0.365 e. The van der Waals surface area contributed by atoms with E-state index in [2.05, 4.69) is 22.1 Å². The highest BCUT2D eigenvalue weighted by Gasteiger charge is 2.33. The molecule has 0 aliphatic heterocycles. The summed E-state index contributed by atoms with van der Waals surface area (Å²) < 4.78 is 29.8. The number of hydrogen-bond acceptors (Lipinski definition) is 2. The Hall–Kier alpha value is -2.59. The molecule has 1 aliphatic carbocycles. The number of rotatable bonds is 3. The second-order valence-electron chi connectivity index (χ2n) is 7.00. The van der Waals surface area contributed by atoms with Gasteiger partial charge in [-0.2, -0.15) is 0 Å². The molecular formula is C20H20ClF2N3O2. The topological polar surface area (TPSA) is 88.0 Å². The second kappa shape index (κ2) is 7.80.